The number of carbonyl (C=O) groups excluding carboxylic acids is 6. The van der Waals surface area contributed by atoms with Crippen LogP contribution in [-0.2, 0) is 57.2 Å². The van der Waals surface area contributed by atoms with Crippen molar-refractivity contribution >= 4 is 35.8 Å². The smallest absolute Gasteiger partial charge is 0.351 e. The SMILES string of the molecule is CCC(C)(C)C(=O)OC1(C(C)C)C2CC3CC(C2)CC1C3.CCC(C)(C)C(=O)OC1(CC)C2CC3CC(C2)CC1C3.CCC(C)(C)C(=O)OC12CC3CC(CC(O)(C3)C1)C2.CCC(C)(C)C(=O)OCCOC(=O)C12CCC(C)(C(=O)O1)C2(C)C. The lowest BCUT2D eigenvalue weighted by Gasteiger charge is -2.62. The molecule has 14 aliphatic rings. The van der Waals surface area contributed by atoms with Crippen LogP contribution < -0.4 is 0 Å². The van der Waals surface area contributed by atoms with E-state index in [9.17, 15) is 33.9 Å². The average molecular weight is 1180 g/mol. The number of fused-ring (bicyclic) bond motifs is 2. The summed E-state index contributed by atoms with van der Waals surface area (Å²) >= 11 is 0. The highest BCUT2D eigenvalue weighted by atomic mass is 16.6. The van der Waals surface area contributed by atoms with E-state index < -0.39 is 38.8 Å². The van der Waals surface area contributed by atoms with Gasteiger partial charge >= 0.3 is 35.8 Å². The van der Waals surface area contributed by atoms with Crippen molar-refractivity contribution < 1.29 is 62.3 Å². The van der Waals surface area contributed by atoms with Crippen LogP contribution in [0.4, 0.5) is 0 Å². The zero-order valence-electron chi connectivity index (χ0n) is 55.9. The highest BCUT2D eigenvalue weighted by molar-refractivity contribution is 5.93. The zero-order chi connectivity index (χ0) is 62.2. The molecule has 13 saturated carbocycles. The molecule has 13 heteroatoms. The van der Waals surface area contributed by atoms with Gasteiger partial charge in [-0.3, -0.25) is 24.0 Å². The van der Waals surface area contributed by atoms with E-state index >= 15 is 0 Å². The molecule has 13 nitrogen and oxygen atoms in total. The molecule has 0 aromatic heterocycles. The van der Waals surface area contributed by atoms with Gasteiger partial charge in [-0.1, -0.05) is 62.3 Å². The minimum atomic E-state index is -1.23. The summed E-state index contributed by atoms with van der Waals surface area (Å²) in [6.07, 6.45) is 24.2. The van der Waals surface area contributed by atoms with E-state index in [0.717, 1.165) is 75.0 Å². The van der Waals surface area contributed by atoms with Crippen molar-refractivity contribution in [3.8, 4) is 0 Å². The lowest BCUT2D eigenvalue weighted by atomic mass is 9.47. The van der Waals surface area contributed by atoms with Gasteiger partial charge in [0.15, 0.2) is 0 Å². The molecule has 13 aliphatic carbocycles. The van der Waals surface area contributed by atoms with Crippen molar-refractivity contribution in [3.05, 3.63) is 0 Å². The first-order valence-electron chi connectivity index (χ1n) is 33.9. The van der Waals surface area contributed by atoms with Crippen LogP contribution >= 0.6 is 0 Å². The average Bonchev–Trinajstić information content (AvgIpc) is 1.48. The van der Waals surface area contributed by atoms with Crippen LogP contribution in [0.1, 0.15) is 272 Å². The Morgan fingerprint density at radius 2 is 0.917 bits per heavy atom. The monoisotopic (exact) mass is 1180 g/mol. The van der Waals surface area contributed by atoms with Gasteiger partial charge in [0.05, 0.1) is 32.7 Å². The predicted molar refractivity (Wildman–Crippen MR) is 323 cm³/mol. The maximum Gasteiger partial charge on any atom is 0.351 e. The Morgan fingerprint density at radius 1 is 0.524 bits per heavy atom. The summed E-state index contributed by atoms with van der Waals surface area (Å²) in [5, 5.41) is 10.6. The van der Waals surface area contributed by atoms with E-state index in [1.807, 2.05) is 76.2 Å². The van der Waals surface area contributed by atoms with Crippen molar-refractivity contribution in [3.63, 3.8) is 0 Å². The molecule has 1 N–H and O–H groups in total. The van der Waals surface area contributed by atoms with Crippen LogP contribution in [0.15, 0.2) is 0 Å². The summed E-state index contributed by atoms with van der Waals surface area (Å²) in [6.45, 7) is 36.0. The summed E-state index contributed by atoms with van der Waals surface area (Å²) in [4.78, 5) is 74.4. The summed E-state index contributed by atoms with van der Waals surface area (Å²) in [5.74, 6) is 6.52. The van der Waals surface area contributed by atoms with Crippen LogP contribution in [0.5, 0.6) is 0 Å². The summed E-state index contributed by atoms with van der Waals surface area (Å²) in [5.41, 5.74) is -5.39. The Labute approximate surface area is 507 Å². The second kappa shape index (κ2) is 23.6. The van der Waals surface area contributed by atoms with Crippen LogP contribution in [0.3, 0.4) is 0 Å². The molecule has 1 saturated heterocycles. The van der Waals surface area contributed by atoms with Gasteiger partial charge < -0.3 is 33.5 Å². The molecule has 4 unspecified atom stereocenters. The summed E-state index contributed by atoms with van der Waals surface area (Å²) in [7, 11) is 0. The molecule has 14 rings (SSSR count). The predicted octanol–water partition coefficient (Wildman–Crippen LogP) is 15.1. The number of hydrogen-bond acceptors (Lipinski definition) is 13. The normalized spacial score (nSPS) is 39.5. The highest BCUT2D eigenvalue weighted by Gasteiger charge is 2.76. The molecule has 0 amide bonds. The van der Waals surface area contributed by atoms with Gasteiger partial charge in [0.1, 0.15) is 30.0 Å². The van der Waals surface area contributed by atoms with Gasteiger partial charge in [-0.15, -0.1) is 0 Å². The summed E-state index contributed by atoms with van der Waals surface area (Å²) in [6, 6.07) is 0. The van der Waals surface area contributed by atoms with Crippen molar-refractivity contribution in [1.82, 2.24) is 0 Å². The van der Waals surface area contributed by atoms with E-state index in [4.69, 9.17) is 28.4 Å². The molecule has 14 bridgehead atoms. The fourth-order valence-electron chi connectivity index (χ4n) is 19.0. The Morgan fingerprint density at radius 3 is 1.30 bits per heavy atom. The van der Waals surface area contributed by atoms with Gasteiger partial charge in [-0.25, -0.2) is 4.79 Å². The Hall–Kier alpha value is -3.22. The molecule has 14 fully saturated rings. The summed E-state index contributed by atoms with van der Waals surface area (Å²) < 4.78 is 34.5. The first kappa shape index (κ1) is 66.7. The number of carbonyl (C=O) groups is 6. The standard InChI is InChI=1S/C19H32O2.C18H28O6.C18H30O2.C16H26O3/c1-6-18(4,5)17(20)21-19(12(2)3)15-8-13-7-14(10-15)11-16(19)9-13;1-7-15(2,3)12(19)22-10-11-23-14(21)18-9-8-17(6,13(20)24-18)16(18,4)5;1-5-17(3,4)16(19)20-18(6-2)14-8-12-7-13(10-14)11-15(18)9-12;1-4-14(2,3)13(17)19-16-8-11-5-12(9-16)7-15(18,6-11)10-16/h12-16H,6-11H2,1-5H3;7-11H2,1-6H3;12-15H,5-11H2,1-4H3;11-12,18H,4-10H2,1-3H3. The maximum absolute atomic E-state index is 12.8. The van der Waals surface area contributed by atoms with E-state index in [1.54, 1.807) is 13.8 Å². The number of rotatable bonds is 17. The van der Waals surface area contributed by atoms with Gasteiger partial charge in [0, 0.05) is 11.8 Å². The number of aliphatic hydroxyl groups is 1. The van der Waals surface area contributed by atoms with Crippen molar-refractivity contribution in [2.24, 2.45) is 97.6 Å². The Bertz CT molecular complexity index is 2370. The minimum Gasteiger partial charge on any atom is -0.462 e. The second-order valence-corrected chi connectivity index (χ2v) is 33.4. The number of ether oxygens (including phenoxy) is 6. The van der Waals surface area contributed by atoms with E-state index in [1.165, 1.54) is 70.6 Å². The van der Waals surface area contributed by atoms with Crippen LogP contribution in [-0.4, -0.2) is 82.1 Å². The van der Waals surface area contributed by atoms with Crippen molar-refractivity contribution in [2.75, 3.05) is 13.2 Å². The lowest BCUT2D eigenvalue weighted by molar-refractivity contribution is -0.231. The quantitative estimate of drug-likeness (QED) is 0.0827. The number of esters is 6. The minimum absolute atomic E-state index is 0.00424. The zero-order valence-corrected chi connectivity index (χ0v) is 55.9. The molecule has 0 radical (unpaired) electrons. The third-order valence-corrected chi connectivity index (χ3v) is 25.9. The fraction of sp³-hybridized carbons (Fsp3) is 0.915. The van der Waals surface area contributed by atoms with Gasteiger partial charge in [0.25, 0.3) is 0 Å². The first-order valence-corrected chi connectivity index (χ1v) is 33.9. The van der Waals surface area contributed by atoms with Gasteiger partial charge in [0.2, 0.25) is 5.60 Å². The maximum atomic E-state index is 12.8. The molecule has 84 heavy (non-hydrogen) atoms. The van der Waals surface area contributed by atoms with E-state index in [2.05, 4.69) is 34.6 Å². The van der Waals surface area contributed by atoms with E-state index in [-0.39, 0.29) is 70.7 Å². The Balaban J connectivity index is 0.000000146. The first-order chi connectivity index (χ1) is 38.9. The van der Waals surface area contributed by atoms with E-state index in [0.29, 0.717) is 67.1 Å². The fourth-order valence-corrected chi connectivity index (χ4v) is 19.0. The molecule has 4 atom stereocenters. The van der Waals surface area contributed by atoms with Crippen LogP contribution in [0.2, 0.25) is 0 Å². The molecular formula is C71H116O13. The molecule has 1 aliphatic heterocycles. The Kier molecular flexibility index (Phi) is 18.8. The molecule has 0 aromatic rings. The molecule has 0 spiro atoms. The van der Waals surface area contributed by atoms with Crippen LogP contribution in [0.25, 0.3) is 0 Å². The largest absolute Gasteiger partial charge is 0.462 e. The lowest BCUT2D eigenvalue weighted by Crippen LogP contribution is -2.63. The molecule has 1 heterocycles. The number of hydrogen-bond donors (Lipinski definition) is 1. The van der Waals surface area contributed by atoms with Crippen LogP contribution in [0, 0.1) is 97.6 Å². The molecule has 0 aromatic carbocycles. The molecular weight excluding hydrogens is 1060 g/mol. The van der Waals surface area contributed by atoms with Gasteiger partial charge in [-0.05, 0) is 269 Å². The third-order valence-electron chi connectivity index (χ3n) is 25.9. The third kappa shape index (κ3) is 11.9. The highest BCUT2D eigenvalue weighted by Crippen LogP contribution is 2.67. The topological polar surface area (TPSA) is 178 Å². The van der Waals surface area contributed by atoms with Crippen molar-refractivity contribution in [1.29, 1.82) is 0 Å². The second-order valence-electron chi connectivity index (χ2n) is 33.4. The molecule has 478 valence electrons. The van der Waals surface area contributed by atoms with Crippen molar-refractivity contribution in [2.45, 2.75) is 300 Å². The van der Waals surface area contributed by atoms with Gasteiger partial charge in [-0.2, -0.15) is 0 Å².